The summed E-state index contributed by atoms with van der Waals surface area (Å²) in [4.78, 5) is 11.2. The molecule has 0 bridgehead atoms. The molecule has 2 aromatic rings. The van der Waals surface area contributed by atoms with E-state index in [1.54, 1.807) is 0 Å². The Kier molecular flexibility index (Phi) is 3.91. The van der Waals surface area contributed by atoms with Crippen molar-refractivity contribution in [2.75, 3.05) is 0 Å². The number of aliphatic carboxylic acids is 1. The van der Waals surface area contributed by atoms with Crippen LogP contribution < -0.4 is 4.74 Å². The lowest BCUT2D eigenvalue weighted by Crippen LogP contribution is -2.29. The average Bonchev–Trinajstić information content (AvgIpc) is 3.32. The summed E-state index contributed by atoms with van der Waals surface area (Å²) in [6.45, 7) is 0. The lowest BCUT2D eigenvalue weighted by Gasteiger charge is -2.14. The molecule has 0 spiro atoms. The minimum absolute atomic E-state index is 0.173. The van der Waals surface area contributed by atoms with Gasteiger partial charge < -0.3 is 9.84 Å². The molecule has 3 nitrogen and oxygen atoms in total. The third-order valence-electron chi connectivity index (χ3n) is 3.73. The van der Waals surface area contributed by atoms with Crippen molar-refractivity contribution in [3.63, 3.8) is 0 Å². The van der Waals surface area contributed by atoms with Crippen LogP contribution in [0.4, 0.5) is 0 Å². The van der Waals surface area contributed by atoms with E-state index >= 15 is 0 Å². The summed E-state index contributed by atoms with van der Waals surface area (Å²) >= 11 is 0. The third kappa shape index (κ3) is 3.63. The van der Waals surface area contributed by atoms with E-state index in [-0.39, 0.29) is 5.92 Å². The zero-order valence-corrected chi connectivity index (χ0v) is 11.7. The van der Waals surface area contributed by atoms with Gasteiger partial charge in [-0.25, -0.2) is 4.79 Å². The highest BCUT2D eigenvalue weighted by Crippen LogP contribution is 2.35. The molecule has 0 aromatic heterocycles. The number of rotatable bonds is 6. The summed E-state index contributed by atoms with van der Waals surface area (Å²) in [7, 11) is 0. The molecule has 1 atom stereocenters. The Morgan fingerprint density at radius 1 is 1.05 bits per heavy atom. The van der Waals surface area contributed by atoms with Crippen molar-refractivity contribution < 1.29 is 14.6 Å². The molecule has 21 heavy (non-hydrogen) atoms. The Morgan fingerprint density at radius 2 is 1.67 bits per heavy atom. The number of hydrogen-bond acceptors (Lipinski definition) is 2. The highest BCUT2D eigenvalue weighted by atomic mass is 16.5. The van der Waals surface area contributed by atoms with Crippen LogP contribution in [0.2, 0.25) is 0 Å². The maximum absolute atomic E-state index is 11.2. The van der Waals surface area contributed by atoms with Crippen LogP contribution in [-0.4, -0.2) is 17.2 Å². The van der Waals surface area contributed by atoms with Gasteiger partial charge >= 0.3 is 5.97 Å². The zero-order valence-electron chi connectivity index (χ0n) is 11.7. The molecule has 0 aliphatic heterocycles. The Balaban J connectivity index is 1.65. The van der Waals surface area contributed by atoms with Crippen molar-refractivity contribution in [1.82, 2.24) is 0 Å². The molecule has 1 unspecified atom stereocenters. The second kappa shape index (κ2) is 6.00. The van der Waals surface area contributed by atoms with Gasteiger partial charge in [0.2, 0.25) is 0 Å². The highest BCUT2D eigenvalue weighted by molar-refractivity contribution is 5.73. The monoisotopic (exact) mass is 282 g/mol. The first-order valence-corrected chi connectivity index (χ1v) is 7.25. The van der Waals surface area contributed by atoms with Crippen molar-refractivity contribution in [2.45, 2.75) is 25.4 Å². The summed E-state index contributed by atoms with van der Waals surface area (Å²) in [5, 5.41) is 9.17. The number of ether oxygens (including phenoxy) is 1. The molecule has 1 saturated carbocycles. The molecule has 2 aromatic carbocycles. The van der Waals surface area contributed by atoms with Crippen molar-refractivity contribution in [1.29, 1.82) is 0 Å². The van der Waals surface area contributed by atoms with Crippen LogP contribution >= 0.6 is 0 Å². The van der Waals surface area contributed by atoms with E-state index in [9.17, 15) is 4.79 Å². The van der Waals surface area contributed by atoms with E-state index in [4.69, 9.17) is 9.84 Å². The predicted octanol–water partition coefficient (Wildman–Crippen LogP) is 3.52. The number of benzene rings is 2. The second-order valence-corrected chi connectivity index (χ2v) is 5.52. The molecule has 0 amide bonds. The van der Waals surface area contributed by atoms with Gasteiger partial charge in [0.05, 0.1) is 0 Å². The van der Waals surface area contributed by atoms with Gasteiger partial charge in [0.15, 0.2) is 6.10 Å². The number of carboxylic acids is 1. The van der Waals surface area contributed by atoms with Crippen LogP contribution in [0.15, 0.2) is 54.6 Å². The van der Waals surface area contributed by atoms with E-state index in [1.807, 2.05) is 42.5 Å². The summed E-state index contributed by atoms with van der Waals surface area (Å²) in [6, 6.07) is 18.0. The van der Waals surface area contributed by atoms with E-state index in [1.165, 1.54) is 11.1 Å². The van der Waals surface area contributed by atoms with Crippen LogP contribution in [0, 0.1) is 5.92 Å². The minimum Gasteiger partial charge on any atom is -0.478 e. The van der Waals surface area contributed by atoms with E-state index in [2.05, 4.69) is 12.1 Å². The van der Waals surface area contributed by atoms with E-state index < -0.39 is 12.1 Å². The van der Waals surface area contributed by atoms with Crippen LogP contribution in [0.3, 0.4) is 0 Å². The van der Waals surface area contributed by atoms with Gasteiger partial charge in [0, 0.05) is 5.92 Å². The Hall–Kier alpha value is -2.29. The number of carboxylic acid groups (broad SMARTS) is 1. The van der Waals surface area contributed by atoms with Crippen molar-refractivity contribution in [2.24, 2.45) is 5.92 Å². The first kappa shape index (κ1) is 13.7. The van der Waals surface area contributed by atoms with Gasteiger partial charge in [-0.15, -0.1) is 0 Å². The molecule has 0 radical (unpaired) electrons. The van der Waals surface area contributed by atoms with Crippen molar-refractivity contribution in [3.8, 4) is 5.75 Å². The molecule has 1 aliphatic carbocycles. The summed E-state index contributed by atoms with van der Waals surface area (Å²) in [6.07, 6.45) is 2.06. The fourth-order valence-electron chi connectivity index (χ4n) is 2.41. The lowest BCUT2D eigenvalue weighted by atomic mass is 10.1. The normalized spacial score (nSPS) is 15.4. The van der Waals surface area contributed by atoms with Gasteiger partial charge in [-0.2, -0.15) is 0 Å². The summed E-state index contributed by atoms with van der Waals surface area (Å²) in [5.74, 6) is -0.0662. The quantitative estimate of drug-likeness (QED) is 0.881. The molecule has 1 N–H and O–H groups in total. The first-order chi connectivity index (χ1) is 10.2. The van der Waals surface area contributed by atoms with Gasteiger partial charge in [-0.1, -0.05) is 42.5 Å². The second-order valence-electron chi connectivity index (χ2n) is 5.52. The zero-order chi connectivity index (χ0) is 14.7. The molecule has 1 aliphatic rings. The third-order valence-corrected chi connectivity index (χ3v) is 3.73. The molecule has 0 saturated heterocycles. The maximum atomic E-state index is 11.2. The average molecular weight is 282 g/mol. The summed E-state index contributed by atoms with van der Waals surface area (Å²) < 4.78 is 5.61. The van der Waals surface area contributed by atoms with Gasteiger partial charge in [-0.3, -0.25) is 0 Å². The van der Waals surface area contributed by atoms with Gasteiger partial charge in [0.25, 0.3) is 0 Å². The number of hydrogen-bond donors (Lipinski definition) is 1. The highest BCUT2D eigenvalue weighted by Gasteiger charge is 2.38. The minimum atomic E-state index is -0.870. The Labute approximate surface area is 124 Å². The van der Waals surface area contributed by atoms with Crippen LogP contribution in [0.25, 0.3) is 0 Å². The topological polar surface area (TPSA) is 46.5 Å². The molecule has 108 valence electrons. The molecule has 3 rings (SSSR count). The van der Waals surface area contributed by atoms with Crippen molar-refractivity contribution >= 4 is 5.97 Å². The maximum Gasteiger partial charge on any atom is 0.345 e. The molecule has 3 heteroatoms. The predicted molar refractivity (Wildman–Crippen MR) is 80.5 cm³/mol. The van der Waals surface area contributed by atoms with Crippen LogP contribution in [0.5, 0.6) is 5.75 Å². The van der Waals surface area contributed by atoms with Gasteiger partial charge in [0.1, 0.15) is 5.75 Å². The molecular formula is C18H18O3. The van der Waals surface area contributed by atoms with Crippen molar-refractivity contribution in [3.05, 3.63) is 65.7 Å². The molecular weight excluding hydrogens is 264 g/mol. The van der Waals surface area contributed by atoms with Crippen LogP contribution in [-0.2, 0) is 11.2 Å². The Bertz CT molecular complexity index is 600. The fourth-order valence-corrected chi connectivity index (χ4v) is 2.41. The van der Waals surface area contributed by atoms with E-state index in [0.717, 1.165) is 19.3 Å². The molecule has 0 heterocycles. The fraction of sp³-hybridized carbons (Fsp3) is 0.278. The first-order valence-electron chi connectivity index (χ1n) is 7.25. The largest absolute Gasteiger partial charge is 0.478 e. The standard InChI is InChI=1S/C18H18O3/c19-18(20)17(15-8-9-15)21-16-10-6-14(7-11-16)12-13-4-2-1-3-5-13/h1-7,10-11,15,17H,8-9,12H2,(H,19,20). The Morgan fingerprint density at radius 3 is 2.24 bits per heavy atom. The SMILES string of the molecule is O=C(O)C(Oc1ccc(Cc2ccccc2)cc1)C1CC1. The lowest BCUT2D eigenvalue weighted by molar-refractivity contribution is -0.146. The summed E-state index contributed by atoms with van der Waals surface area (Å²) in [5.41, 5.74) is 2.44. The van der Waals surface area contributed by atoms with E-state index in [0.29, 0.717) is 5.75 Å². The smallest absolute Gasteiger partial charge is 0.345 e. The molecule has 1 fully saturated rings. The van der Waals surface area contributed by atoms with Gasteiger partial charge in [-0.05, 0) is 42.5 Å². The van der Waals surface area contributed by atoms with Crippen LogP contribution in [0.1, 0.15) is 24.0 Å². The number of carbonyl (C=O) groups is 1.